The van der Waals surface area contributed by atoms with E-state index in [-0.39, 0.29) is 20.6 Å². The molecule has 1 aliphatic rings. The van der Waals surface area contributed by atoms with Crippen LogP contribution < -0.4 is 4.72 Å². The highest BCUT2D eigenvalue weighted by Crippen LogP contribution is 2.26. The van der Waals surface area contributed by atoms with Crippen LogP contribution in [0.1, 0.15) is 34.3 Å². The van der Waals surface area contributed by atoms with E-state index in [4.69, 9.17) is 5.26 Å². The first-order chi connectivity index (χ1) is 17.5. The quantitative estimate of drug-likeness (QED) is 0.477. The Hall–Kier alpha value is -3.59. The van der Waals surface area contributed by atoms with Crippen LogP contribution in [0.2, 0.25) is 0 Å². The summed E-state index contributed by atoms with van der Waals surface area (Å²) in [5.74, 6) is -0.777. The molecule has 1 aliphatic heterocycles. The highest BCUT2D eigenvalue weighted by molar-refractivity contribution is 7.91. The van der Waals surface area contributed by atoms with E-state index < -0.39 is 31.7 Å². The van der Waals surface area contributed by atoms with Gasteiger partial charge in [-0.2, -0.15) is 5.26 Å². The average molecular weight is 542 g/mol. The molecule has 1 saturated heterocycles. The second-order valence-corrected chi connectivity index (χ2v) is 12.4. The molecule has 0 aliphatic carbocycles. The minimum atomic E-state index is -4.07. The minimum absolute atomic E-state index is 0.145. The van der Waals surface area contributed by atoms with Gasteiger partial charge in [0, 0.05) is 24.7 Å². The van der Waals surface area contributed by atoms with Gasteiger partial charge in [0.1, 0.15) is 5.82 Å². The minimum Gasteiger partial charge on any atom is -0.339 e. The largest absolute Gasteiger partial charge is 0.339 e. The first kappa shape index (κ1) is 26.5. The van der Waals surface area contributed by atoms with Crippen LogP contribution in [0.15, 0.2) is 81.4 Å². The first-order valence-corrected chi connectivity index (χ1v) is 14.4. The number of carbonyl (C=O) groups is 1. The molecule has 1 amide bonds. The van der Waals surface area contributed by atoms with E-state index in [2.05, 4.69) is 4.72 Å². The van der Waals surface area contributed by atoms with Gasteiger partial charge in [-0.05, 0) is 86.0 Å². The number of nitrogens with one attached hydrogen (secondary N) is 1. The predicted octanol–water partition coefficient (Wildman–Crippen LogP) is 3.42. The fourth-order valence-corrected chi connectivity index (χ4v) is 7.08. The summed E-state index contributed by atoms with van der Waals surface area (Å²) in [5, 5.41) is 8.91. The summed E-state index contributed by atoms with van der Waals surface area (Å²) in [6.07, 6.45) is 0.766. The zero-order valence-corrected chi connectivity index (χ0v) is 21.5. The number of carbonyl (C=O) groups excluding carboxylic acids is 1. The van der Waals surface area contributed by atoms with Crippen LogP contribution in [-0.2, 0) is 19.9 Å². The molecule has 0 radical (unpaired) electrons. The van der Waals surface area contributed by atoms with E-state index in [1.54, 1.807) is 36.1 Å². The van der Waals surface area contributed by atoms with Crippen molar-refractivity contribution in [3.8, 4) is 6.07 Å². The number of rotatable bonds is 6. The van der Waals surface area contributed by atoms with Gasteiger partial charge in [0.05, 0.1) is 26.3 Å². The summed E-state index contributed by atoms with van der Waals surface area (Å²) >= 11 is 0. The maximum atomic E-state index is 13.2. The Kier molecular flexibility index (Phi) is 7.45. The number of nitrogens with zero attached hydrogens (tertiary/aromatic N) is 2. The lowest BCUT2D eigenvalue weighted by atomic mass is 10.0. The fraction of sp³-hybridized carbons (Fsp3) is 0.231. The highest BCUT2D eigenvalue weighted by Gasteiger charge is 2.29. The monoisotopic (exact) mass is 541 g/mol. The summed E-state index contributed by atoms with van der Waals surface area (Å²) in [4.78, 5) is 13.9. The van der Waals surface area contributed by atoms with Crippen LogP contribution >= 0.6 is 0 Å². The molecule has 0 aromatic heterocycles. The molecule has 1 heterocycles. The molecular formula is C26H24FN3O5S2. The summed E-state index contributed by atoms with van der Waals surface area (Å²) in [6, 6.07) is 16.0. The summed E-state index contributed by atoms with van der Waals surface area (Å²) in [6.45, 7) is 2.25. The van der Waals surface area contributed by atoms with Crippen molar-refractivity contribution in [1.29, 1.82) is 5.26 Å². The van der Waals surface area contributed by atoms with Crippen LogP contribution in [0.4, 0.5) is 4.39 Å². The number of hydrogen-bond donors (Lipinski definition) is 1. The highest BCUT2D eigenvalue weighted by atomic mass is 32.2. The average Bonchev–Trinajstić information content (AvgIpc) is 2.89. The molecule has 3 aromatic carbocycles. The molecule has 4 rings (SSSR count). The number of halogens is 1. The van der Waals surface area contributed by atoms with Gasteiger partial charge in [0.15, 0.2) is 0 Å². The van der Waals surface area contributed by atoms with Crippen LogP contribution in [0.25, 0.3) is 0 Å². The van der Waals surface area contributed by atoms with Gasteiger partial charge in [0.25, 0.3) is 5.91 Å². The maximum Gasteiger partial charge on any atom is 0.253 e. The van der Waals surface area contributed by atoms with Gasteiger partial charge >= 0.3 is 0 Å². The third kappa shape index (κ3) is 5.72. The zero-order chi connectivity index (χ0) is 26.8. The topological polar surface area (TPSA) is 124 Å². The van der Waals surface area contributed by atoms with Crippen LogP contribution in [0.3, 0.4) is 0 Å². The third-order valence-electron chi connectivity index (χ3n) is 6.25. The molecule has 0 atom stereocenters. The molecule has 0 bridgehead atoms. The Balaban J connectivity index is 1.47. The van der Waals surface area contributed by atoms with Crippen LogP contribution in [0, 0.1) is 24.1 Å². The van der Waals surface area contributed by atoms with Crippen molar-refractivity contribution in [2.45, 2.75) is 40.5 Å². The molecule has 37 heavy (non-hydrogen) atoms. The van der Waals surface area contributed by atoms with Crippen molar-refractivity contribution in [2.24, 2.45) is 0 Å². The Bertz CT molecular complexity index is 1570. The van der Waals surface area contributed by atoms with E-state index in [9.17, 15) is 26.0 Å². The predicted molar refractivity (Wildman–Crippen MR) is 133 cm³/mol. The SMILES string of the molecule is Cc1ccc(S(=O)(=O)c2ccc(F)cc2)cc1S(=O)(=O)NC1CCN(C(=O)c2ccc(C#N)cc2)CC1. The van der Waals surface area contributed by atoms with Gasteiger partial charge in [0.2, 0.25) is 19.9 Å². The van der Waals surface area contributed by atoms with E-state index in [0.29, 0.717) is 42.6 Å². The summed E-state index contributed by atoms with van der Waals surface area (Å²) in [7, 11) is -8.13. The number of piperidine rings is 1. The summed E-state index contributed by atoms with van der Waals surface area (Å²) < 4.78 is 68.3. The number of amides is 1. The van der Waals surface area contributed by atoms with Crippen LogP contribution in [-0.4, -0.2) is 46.8 Å². The number of sulfonamides is 1. The number of aryl methyl sites for hydroxylation is 1. The van der Waals surface area contributed by atoms with Gasteiger partial charge in [-0.1, -0.05) is 6.07 Å². The van der Waals surface area contributed by atoms with E-state index in [0.717, 1.165) is 30.3 Å². The Morgan fingerprint density at radius 3 is 2.14 bits per heavy atom. The number of likely N-dealkylation sites (tertiary alicyclic amines) is 1. The van der Waals surface area contributed by atoms with E-state index in [1.807, 2.05) is 6.07 Å². The molecule has 11 heteroatoms. The van der Waals surface area contributed by atoms with Gasteiger partial charge in [-0.3, -0.25) is 4.79 Å². The number of benzene rings is 3. The lowest BCUT2D eigenvalue weighted by Crippen LogP contribution is -2.46. The number of hydrogen-bond acceptors (Lipinski definition) is 6. The number of sulfone groups is 1. The Morgan fingerprint density at radius 2 is 1.54 bits per heavy atom. The fourth-order valence-electron chi connectivity index (χ4n) is 4.14. The smallest absolute Gasteiger partial charge is 0.253 e. The summed E-state index contributed by atoms with van der Waals surface area (Å²) in [5.41, 5.74) is 1.28. The standard InChI is InChI=1S/C26H24FN3O5S2/c1-18-2-9-24(36(32,33)23-10-7-21(27)8-11-23)16-25(18)37(34,35)29-22-12-14-30(15-13-22)26(31)20-5-3-19(17-28)4-6-20/h2-11,16,22,29H,12-15H2,1H3. The maximum absolute atomic E-state index is 13.2. The second-order valence-electron chi connectivity index (χ2n) is 8.76. The second kappa shape index (κ2) is 10.4. The van der Waals surface area contributed by atoms with Crippen molar-refractivity contribution in [3.63, 3.8) is 0 Å². The van der Waals surface area contributed by atoms with Crippen molar-refractivity contribution in [2.75, 3.05) is 13.1 Å². The number of nitriles is 1. The van der Waals surface area contributed by atoms with Gasteiger partial charge in [-0.25, -0.2) is 25.9 Å². The van der Waals surface area contributed by atoms with E-state index in [1.165, 1.54) is 12.1 Å². The van der Waals surface area contributed by atoms with Gasteiger partial charge < -0.3 is 4.90 Å². The molecule has 0 saturated carbocycles. The van der Waals surface area contributed by atoms with E-state index >= 15 is 0 Å². The zero-order valence-electron chi connectivity index (χ0n) is 19.9. The molecule has 3 aromatic rings. The van der Waals surface area contributed by atoms with Gasteiger partial charge in [-0.15, -0.1) is 0 Å². The molecule has 8 nitrogen and oxygen atoms in total. The molecule has 0 unspecified atom stereocenters. The lowest BCUT2D eigenvalue weighted by molar-refractivity contribution is 0.0711. The molecule has 192 valence electrons. The molecule has 1 N–H and O–H groups in total. The molecule has 1 fully saturated rings. The van der Waals surface area contributed by atoms with Crippen molar-refractivity contribution in [1.82, 2.24) is 9.62 Å². The Labute approximate surface area is 215 Å². The first-order valence-electron chi connectivity index (χ1n) is 11.4. The third-order valence-corrected chi connectivity index (χ3v) is 9.68. The van der Waals surface area contributed by atoms with Crippen molar-refractivity contribution in [3.05, 3.63) is 89.2 Å². The van der Waals surface area contributed by atoms with Crippen LogP contribution in [0.5, 0.6) is 0 Å². The van der Waals surface area contributed by atoms with Crippen molar-refractivity contribution >= 4 is 25.8 Å². The lowest BCUT2D eigenvalue weighted by Gasteiger charge is -2.32. The normalized spacial score (nSPS) is 14.8. The van der Waals surface area contributed by atoms with Crippen molar-refractivity contribution < 1.29 is 26.0 Å². The molecular weight excluding hydrogens is 517 g/mol. The Morgan fingerprint density at radius 1 is 0.946 bits per heavy atom. The molecule has 0 spiro atoms.